The molecule has 0 saturated carbocycles. The van der Waals surface area contributed by atoms with Crippen LogP contribution < -0.4 is 5.32 Å². The van der Waals surface area contributed by atoms with Crippen LogP contribution in [-0.2, 0) is 6.42 Å². The first-order valence-corrected chi connectivity index (χ1v) is 8.61. The molecule has 1 aliphatic rings. The lowest BCUT2D eigenvalue weighted by molar-refractivity contribution is 0.454. The zero-order valence-corrected chi connectivity index (χ0v) is 13.0. The van der Waals surface area contributed by atoms with Crippen molar-refractivity contribution in [3.05, 3.63) is 57.8 Å². The van der Waals surface area contributed by atoms with Crippen LogP contribution in [0.2, 0.25) is 0 Å². The minimum absolute atomic E-state index is 0.518. The van der Waals surface area contributed by atoms with Crippen LogP contribution in [0, 0.1) is 0 Å². The Hall–Kier alpha value is -1.12. The Morgan fingerprint density at radius 2 is 2.15 bits per heavy atom. The molecule has 1 aliphatic carbocycles. The average molecular weight is 285 g/mol. The molecule has 1 N–H and O–H groups in total. The highest BCUT2D eigenvalue weighted by Crippen LogP contribution is 2.32. The molecule has 2 atom stereocenters. The van der Waals surface area contributed by atoms with Crippen LogP contribution in [0.15, 0.2) is 41.8 Å². The van der Waals surface area contributed by atoms with Crippen LogP contribution >= 0.6 is 11.3 Å². The second-order valence-corrected chi connectivity index (χ2v) is 6.65. The van der Waals surface area contributed by atoms with Gasteiger partial charge >= 0.3 is 0 Å². The van der Waals surface area contributed by atoms with E-state index in [0.29, 0.717) is 12.0 Å². The number of fused-ring (bicyclic) bond motifs is 1. The van der Waals surface area contributed by atoms with Crippen molar-refractivity contribution in [3.8, 4) is 0 Å². The fourth-order valence-electron chi connectivity index (χ4n) is 3.29. The van der Waals surface area contributed by atoms with E-state index < -0.39 is 0 Å². The van der Waals surface area contributed by atoms with Gasteiger partial charge in [0.05, 0.1) is 0 Å². The van der Waals surface area contributed by atoms with E-state index >= 15 is 0 Å². The van der Waals surface area contributed by atoms with Crippen LogP contribution in [0.5, 0.6) is 0 Å². The molecule has 2 aromatic rings. The molecule has 0 amide bonds. The summed E-state index contributed by atoms with van der Waals surface area (Å²) in [7, 11) is 0. The van der Waals surface area contributed by atoms with E-state index in [9.17, 15) is 0 Å². The summed E-state index contributed by atoms with van der Waals surface area (Å²) in [5.41, 5.74) is 3.14. The monoisotopic (exact) mass is 285 g/mol. The van der Waals surface area contributed by atoms with Crippen LogP contribution in [0.3, 0.4) is 0 Å². The molecule has 2 unspecified atom stereocenters. The molecule has 0 radical (unpaired) electrons. The van der Waals surface area contributed by atoms with Crippen molar-refractivity contribution in [1.82, 2.24) is 5.32 Å². The second-order valence-electron chi connectivity index (χ2n) is 5.67. The summed E-state index contributed by atoms with van der Waals surface area (Å²) < 4.78 is 0. The lowest BCUT2D eigenvalue weighted by Crippen LogP contribution is -2.27. The topological polar surface area (TPSA) is 12.0 Å². The molecular formula is C18H23NS. The smallest absolute Gasteiger partial charge is 0.0412 e. The van der Waals surface area contributed by atoms with Gasteiger partial charge in [0, 0.05) is 17.5 Å². The number of hydrogen-bond acceptors (Lipinski definition) is 2. The quantitative estimate of drug-likeness (QED) is 0.823. The minimum Gasteiger partial charge on any atom is -0.309 e. The zero-order valence-electron chi connectivity index (χ0n) is 12.1. The lowest BCUT2D eigenvalue weighted by atomic mass is 9.82. The molecule has 3 rings (SSSR count). The molecule has 106 valence electrons. The molecule has 1 aromatic heterocycles. The maximum atomic E-state index is 3.79. The van der Waals surface area contributed by atoms with E-state index in [-0.39, 0.29) is 0 Å². The number of aryl methyl sites for hydroxylation is 1. The molecule has 1 nitrogen and oxygen atoms in total. The summed E-state index contributed by atoms with van der Waals surface area (Å²) in [5.74, 6) is 0.689. The molecular weight excluding hydrogens is 262 g/mol. The third kappa shape index (κ3) is 2.97. The lowest BCUT2D eigenvalue weighted by Gasteiger charge is -2.27. The fourth-order valence-corrected chi connectivity index (χ4v) is 4.17. The standard InChI is InChI=1S/C18H23NS/c1-2-17(18-11-6-12-20-18)19-13-15-9-5-8-14-7-3-4-10-16(14)15/h3-4,6-7,10-12,15,17,19H,2,5,8-9,13H2,1H3. The largest absolute Gasteiger partial charge is 0.309 e. The molecule has 0 saturated heterocycles. The summed E-state index contributed by atoms with van der Waals surface area (Å²) in [4.78, 5) is 1.47. The molecule has 0 spiro atoms. The summed E-state index contributed by atoms with van der Waals surface area (Å²) >= 11 is 1.87. The Labute approximate surface area is 126 Å². The van der Waals surface area contributed by atoms with E-state index in [4.69, 9.17) is 0 Å². The Balaban J connectivity index is 1.67. The van der Waals surface area contributed by atoms with Gasteiger partial charge in [0.25, 0.3) is 0 Å². The van der Waals surface area contributed by atoms with Gasteiger partial charge in [0.1, 0.15) is 0 Å². The van der Waals surface area contributed by atoms with E-state index in [2.05, 4.69) is 54.0 Å². The van der Waals surface area contributed by atoms with Crippen LogP contribution in [0.1, 0.15) is 54.1 Å². The van der Waals surface area contributed by atoms with Gasteiger partial charge in [0.2, 0.25) is 0 Å². The highest BCUT2D eigenvalue weighted by Gasteiger charge is 2.20. The summed E-state index contributed by atoms with van der Waals surface area (Å²) in [6.07, 6.45) is 5.08. The first kappa shape index (κ1) is 13.8. The van der Waals surface area contributed by atoms with Crippen molar-refractivity contribution in [2.45, 2.75) is 44.6 Å². The van der Waals surface area contributed by atoms with Gasteiger partial charge in [-0.25, -0.2) is 0 Å². The number of hydrogen-bond donors (Lipinski definition) is 1. The van der Waals surface area contributed by atoms with Crippen molar-refractivity contribution in [3.63, 3.8) is 0 Å². The molecule has 20 heavy (non-hydrogen) atoms. The second kappa shape index (κ2) is 6.55. The predicted octanol–water partition coefficient (Wildman–Crippen LogP) is 4.91. The van der Waals surface area contributed by atoms with Gasteiger partial charge in [-0.3, -0.25) is 0 Å². The molecule has 0 fully saturated rings. The average Bonchev–Trinajstić information content (AvgIpc) is 3.02. The van der Waals surface area contributed by atoms with Crippen LogP contribution in [0.4, 0.5) is 0 Å². The highest BCUT2D eigenvalue weighted by molar-refractivity contribution is 7.10. The Bertz CT molecular complexity index is 532. The Kier molecular flexibility index (Phi) is 4.54. The van der Waals surface area contributed by atoms with Gasteiger partial charge in [-0.05, 0) is 54.2 Å². The summed E-state index contributed by atoms with van der Waals surface area (Å²) in [6.45, 7) is 3.37. The normalized spacial score (nSPS) is 19.6. The van der Waals surface area contributed by atoms with E-state index in [1.807, 2.05) is 11.3 Å². The van der Waals surface area contributed by atoms with Crippen molar-refractivity contribution < 1.29 is 0 Å². The number of nitrogens with one attached hydrogen (secondary N) is 1. The minimum atomic E-state index is 0.518. The first-order chi connectivity index (χ1) is 9.88. The maximum absolute atomic E-state index is 3.79. The molecule has 1 aromatic carbocycles. The Morgan fingerprint density at radius 1 is 1.25 bits per heavy atom. The van der Waals surface area contributed by atoms with Gasteiger partial charge in [-0.15, -0.1) is 11.3 Å². The Morgan fingerprint density at radius 3 is 2.95 bits per heavy atom. The predicted molar refractivity (Wildman–Crippen MR) is 87.5 cm³/mol. The third-order valence-corrected chi connectivity index (χ3v) is 5.39. The maximum Gasteiger partial charge on any atom is 0.0412 e. The SMILES string of the molecule is CCC(NCC1CCCc2ccccc21)c1cccs1. The number of thiophene rings is 1. The molecule has 0 aliphatic heterocycles. The summed E-state index contributed by atoms with van der Waals surface area (Å²) in [6, 6.07) is 13.9. The zero-order chi connectivity index (χ0) is 13.8. The van der Waals surface area contributed by atoms with Crippen molar-refractivity contribution >= 4 is 11.3 Å². The van der Waals surface area contributed by atoms with Gasteiger partial charge in [-0.2, -0.15) is 0 Å². The van der Waals surface area contributed by atoms with E-state index in [1.165, 1.54) is 24.1 Å². The van der Waals surface area contributed by atoms with Gasteiger partial charge in [0.15, 0.2) is 0 Å². The summed E-state index contributed by atoms with van der Waals surface area (Å²) in [5, 5.41) is 5.97. The van der Waals surface area contributed by atoms with Crippen LogP contribution in [0.25, 0.3) is 0 Å². The van der Waals surface area contributed by atoms with Gasteiger partial charge < -0.3 is 5.32 Å². The third-order valence-electron chi connectivity index (χ3n) is 4.40. The number of benzene rings is 1. The van der Waals surface area contributed by atoms with Crippen molar-refractivity contribution in [1.29, 1.82) is 0 Å². The van der Waals surface area contributed by atoms with E-state index in [1.54, 1.807) is 11.1 Å². The van der Waals surface area contributed by atoms with Crippen molar-refractivity contribution in [2.24, 2.45) is 0 Å². The van der Waals surface area contributed by atoms with Crippen molar-refractivity contribution in [2.75, 3.05) is 6.54 Å². The number of rotatable bonds is 5. The van der Waals surface area contributed by atoms with Gasteiger partial charge in [-0.1, -0.05) is 37.3 Å². The molecule has 2 heteroatoms. The first-order valence-electron chi connectivity index (χ1n) is 7.73. The van der Waals surface area contributed by atoms with E-state index in [0.717, 1.165) is 13.0 Å². The molecule has 1 heterocycles. The van der Waals surface area contributed by atoms with Crippen LogP contribution in [-0.4, -0.2) is 6.54 Å². The fraction of sp³-hybridized carbons (Fsp3) is 0.444. The highest BCUT2D eigenvalue weighted by atomic mass is 32.1. The molecule has 0 bridgehead atoms.